The van der Waals surface area contributed by atoms with E-state index in [-0.39, 0.29) is 6.10 Å². The van der Waals surface area contributed by atoms with Gasteiger partial charge in [-0.05, 0) is 36.1 Å². The maximum atomic E-state index is 9.11. The minimum Gasteiger partial charge on any atom is -0.372 e. The van der Waals surface area contributed by atoms with E-state index < -0.39 is 0 Å². The molecule has 0 aliphatic carbocycles. The maximum absolute atomic E-state index is 9.11. The minimum absolute atomic E-state index is 0.192. The first-order chi connectivity index (χ1) is 12.2. The molecule has 5 heteroatoms. The number of nitriles is 1. The third kappa shape index (κ3) is 4.36. The molecule has 1 saturated heterocycles. The van der Waals surface area contributed by atoms with Crippen LogP contribution in [0.25, 0.3) is 0 Å². The predicted molar refractivity (Wildman–Crippen MR) is 96.8 cm³/mol. The van der Waals surface area contributed by atoms with Crippen molar-refractivity contribution in [2.24, 2.45) is 7.05 Å². The van der Waals surface area contributed by atoms with Gasteiger partial charge in [0.25, 0.3) is 0 Å². The highest BCUT2D eigenvalue weighted by Gasteiger charge is 2.34. The molecule has 0 radical (unpaired) electrons. The molecule has 25 heavy (non-hydrogen) atoms. The quantitative estimate of drug-likeness (QED) is 0.730. The third-order valence-corrected chi connectivity index (χ3v) is 4.67. The van der Waals surface area contributed by atoms with Crippen molar-refractivity contribution >= 4 is 0 Å². The zero-order valence-electron chi connectivity index (χ0n) is 14.6. The zero-order valence-corrected chi connectivity index (χ0v) is 14.6. The Morgan fingerprint density at radius 3 is 3.04 bits per heavy atom. The summed E-state index contributed by atoms with van der Waals surface area (Å²) < 4.78 is 7.86. The molecule has 130 valence electrons. The highest BCUT2D eigenvalue weighted by Crippen LogP contribution is 2.26. The van der Waals surface area contributed by atoms with E-state index in [0.717, 1.165) is 25.9 Å². The first kappa shape index (κ1) is 17.4. The van der Waals surface area contributed by atoms with E-state index in [9.17, 15) is 0 Å². The fourth-order valence-electron chi connectivity index (χ4n) is 3.52. The predicted octanol–water partition coefficient (Wildman–Crippen LogP) is 2.68. The van der Waals surface area contributed by atoms with Gasteiger partial charge in [-0.3, -0.25) is 9.58 Å². The molecule has 1 fully saturated rings. The summed E-state index contributed by atoms with van der Waals surface area (Å²) >= 11 is 0. The van der Waals surface area contributed by atoms with E-state index in [1.165, 1.54) is 11.1 Å². The summed E-state index contributed by atoms with van der Waals surface area (Å²) in [5.74, 6) is 0. The molecular weight excluding hydrogens is 312 g/mol. The summed E-state index contributed by atoms with van der Waals surface area (Å²) in [6.07, 6.45) is 7.91. The van der Waals surface area contributed by atoms with Gasteiger partial charge in [0.05, 0.1) is 30.5 Å². The lowest BCUT2D eigenvalue weighted by molar-refractivity contribution is 0.0421. The van der Waals surface area contributed by atoms with E-state index in [2.05, 4.69) is 34.9 Å². The second-order valence-corrected chi connectivity index (χ2v) is 6.53. The summed E-state index contributed by atoms with van der Waals surface area (Å²) in [5.41, 5.74) is 3.09. The molecule has 0 spiro atoms. The van der Waals surface area contributed by atoms with E-state index in [1.807, 2.05) is 36.1 Å². The molecule has 0 N–H and O–H groups in total. The monoisotopic (exact) mass is 336 g/mol. The smallest absolute Gasteiger partial charge is 0.0991 e. The number of hydrogen-bond acceptors (Lipinski definition) is 4. The Labute approximate surface area is 149 Å². The van der Waals surface area contributed by atoms with Crippen molar-refractivity contribution in [3.63, 3.8) is 0 Å². The number of rotatable bonds is 7. The van der Waals surface area contributed by atoms with Crippen LogP contribution in [0.1, 0.15) is 23.1 Å². The van der Waals surface area contributed by atoms with Crippen molar-refractivity contribution in [1.29, 1.82) is 5.26 Å². The lowest BCUT2D eigenvalue weighted by atomic mass is 10.0. The lowest BCUT2D eigenvalue weighted by Gasteiger charge is -2.28. The maximum Gasteiger partial charge on any atom is 0.0991 e. The first-order valence-electron chi connectivity index (χ1n) is 8.62. The van der Waals surface area contributed by atoms with Crippen LogP contribution in [-0.4, -0.2) is 40.0 Å². The van der Waals surface area contributed by atoms with E-state index in [4.69, 9.17) is 10.00 Å². The van der Waals surface area contributed by atoms with Crippen molar-refractivity contribution in [3.8, 4) is 6.07 Å². The largest absolute Gasteiger partial charge is 0.372 e. The second-order valence-electron chi connectivity index (χ2n) is 6.53. The van der Waals surface area contributed by atoms with Crippen LogP contribution in [0.4, 0.5) is 0 Å². The van der Waals surface area contributed by atoms with Gasteiger partial charge in [-0.1, -0.05) is 18.2 Å². The van der Waals surface area contributed by atoms with Gasteiger partial charge in [0.1, 0.15) is 0 Å². The molecule has 1 aliphatic rings. The number of nitrogens with zero attached hydrogens (tertiary/aromatic N) is 4. The Bertz CT molecular complexity index is 761. The number of benzene rings is 1. The molecule has 0 unspecified atom stereocenters. The molecule has 2 aromatic rings. The van der Waals surface area contributed by atoms with Gasteiger partial charge in [-0.2, -0.15) is 10.4 Å². The highest BCUT2D eigenvalue weighted by molar-refractivity contribution is 5.32. The molecule has 2 atom stereocenters. The van der Waals surface area contributed by atoms with Gasteiger partial charge in [-0.25, -0.2) is 0 Å². The minimum atomic E-state index is 0.192. The van der Waals surface area contributed by atoms with Gasteiger partial charge >= 0.3 is 0 Å². The van der Waals surface area contributed by atoms with Gasteiger partial charge < -0.3 is 4.74 Å². The second kappa shape index (κ2) is 8.11. The number of aryl methyl sites for hydroxylation is 1. The highest BCUT2D eigenvalue weighted by atomic mass is 16.5. The molecular formula is C20H24N4O. The van der Waals surface area contributed by atoms with E-state index in [1.54, 1.807) is 6.08 Å². The Morgan fingerprint density at radius 2 is 2.32 bits per heavy atom. The van der Waals surface area contributed by atoms with Crippen molar-refractivity contribution in [2.45, 2.75) is 31.5 Å². The van der Waals surface area contributed by atoms with Gasteiger partial charge in [0, 0.05) is 32.4 Å². The third-order valence-electron chi connectivity index (χ3n) is 4.67. The molecule has 1 aromatic heterocycles. The molecule has 5 nitrogen and oxygen atoms in total. The van der Waals surface area contributed by atoms with Crippen LogP contribution in [0, 0.1) is 11.3 Å². The normalized spacial score (nSPS) is 20.5. The number of ether oxygens (including phenoxy) is 1. The van der Waals surface area contributed by atoms with Crippen LogP contribution in [0.2, 0.25) is 0 Å². The van der Waals surface area contributed by atoms with E-state index >= 15 is 0 Å². The molecule has 0 bridgehead atoms. The average Bonchev–Trinajstić information content (AvgIpc) is 3.20. The topological polar surface area (TPSA) is 54.1 Å². The number of hydrogen-bond donors (Lipinski definition) is 0. The van der Waals surface area contributed by atoms with Crippen LogP contribution in [-0.2, 0) is 24.8 Å². The van der Waals surface area contributed by atoms with Crippen molar-refractivity contribution in [3.05, 3.63) is 66.0 Å². The van der Waals surface area contributed by atoms with Gasteiger partial charge in [0.2, 0.25) is 0 Å². The Morgan fingerprint density at radius 1 is 1.44 bits per heavy atom. The molecule has 2 heterocycles. The summed E-state index contributed by atoms with van der Waals surface area (Å²) in [6.45, 7) is 6.15. The molecule has 1 aliphatic heterocycles. The van der Waals surface area contributed by atoms with Gasteiger partial charge in [-0.15, -0.1) is 6.58 Å². The molecule has 3 rings (SSSR count). The van der Waals surface area contributed by atoms with Crippen molar-refractivity contribution < 1.29 is 4.74 Å². The fraction of sp³-hybridized carbons (Fsp3) is 0.400. The standard InChI is InChI=1S/C20H24N4O/c1-3-9-25-20-7-8-24(15-17-6-4-5-16(10-17)12-21)19(20)11-18-13-22-23(2)14-18/h3-6,10,13-14,19-20H,1,7-9,11,15H2,2H3/t19-,20+/m1/s1. The number of aromatic nitrogens is 2. The lowest BCUT2D eigenvalue weighted by Crippen LogP contribution is -2.37. The van der Waals surface area contributed by atoms with Crippen LogP contribution >= 0.6 is 0 Å². The van der Waals surface area contributed by atoms with E-state index in [0.29, 0.717) is 18.2 Å². The number of likely N-dealkylation sites (tertiary alicyclic amines) is 1. The van der Waals surface area contributed by atoms with Crippen LogP contribution in [0.5, 0.6) is 0 Å². The summed E-state index contributed by atoms with van der Waals surface area (Å²) in [5, 5.41) is 13.4. The van der Waals surface area contributed by atoms with Crippen LogP contribution in [0.15, 0.2) is 49.3 Å². The zero-order chi connectivity index (χ0) is 17.6. The summed E-state index contributed by atoms with van der Waals surface area (Å²) in [6, 6.07) is 10.4. The SMILES string of the molecule is C=CCO[C@H]1CCN(Cc2cccc(C#N)c2)[C@@H]1Cc1cnn(C)c1. The molecule has 1 aromatic carbocycles. The Balaban J connectivity index is 1.75. The van der Waals surface area contributed by atoms with Crippen LogP contribution in [0.3, 0.4) is 0 Å². The molecule has 0 saturated carbocycles. The Kier molecular flexibility index (Phi) is 5.64. The fourth-order valence-corrected chi connectivity index (χ4v) is 3.52. The summed E-state index contributed by atoms with van der Waals surface area (Å²) in [4.78, 5) is 2.46. The molecule has 0 amide bonds. The summed E-state index contributed by atoms with van der Waals surface area (Å²) in [7, 11) is 1.94. The average molecular weight is 336 g/mol. The van der Waals surface area contributed by atoms with Crippen molar-refractivity contribution in [2.75, 3.05) is 13.2 Å². The Hall–Kier alpha value is -2.42. The van der Waals surface area contributed by atoms with Gasteiger partial charge in [0.15, 0.2) is 0 Å². The first-order valence-corrected chi connectivity index (χ1v) is 8.62. The van der Waals surface area contributed by atoms with Crippen molar-refractivity contribution in [1.82, 2.24) is 14.7 Å². The van der Waals surface area contributed by atoms with Crippen LogP contribution < -0.4 is 0 Å².